The number of nitrogens with one attached hydrogen (secondary N) is 1. The Kier molecular flexibility index (Phi) is 4.64. The van der Waals surface area contributed by atoms with Crippen LogP contribution in [0.3, 0.4) is 0 Å². The standard InChI is InChI=1S/C20H16Cl2N4/c21-15-3-1-12(9-16(15)22)10-17(23)20-25-18-4-2-14(11-19(18)26-20)13-5-7-24-8-6-13/h1-9,11,17H,10,23H2,(H,25,26)/t17-/m1/s1. The zero-order chi connectivity index (χ0) is 18.1. The molecule has 130 valence electrons. The maximum Gasteiger partial charge on any atom is 0.124 e. The van der Waals surface area contributed by atoms with Crippen molar-refractivity contribution in [2.45, 2.75) is 12.5 Å². The SMILES string of the molecule is N[C@H](Cc1ccc(Cl)c(Cl)c1)c1nc2cc(-c3ccncc3)ccc2[nH]1. The Bertz CT molecular complexity index is 1060. The molecule has 0 aliphatic carbocycles. The van der Waals surface area contributed by atoms with Crippen LogP contribution >= 0.6 is 23.2 Å². The zero-order valence-corrected chi connectivity index (χ0v) is 15.3. The molecule has 4 aromatic rings. The average molecular weight is 383 g/mol. The van der Waals surface area contributed by atoms with E-state index in [-0.39, 0.29) is 6.04 Å². The molecule has 0 spiro atoms. The highest BCUT2D eigenvalue weighted by molar-refractivity contribution is 6.42. The fraction of sp³-hybridized carbons (Fsp3) is 0.100. The van der Waals surface area contributed by atoms with Crippen molar-refractivity contribution in [3.63, 3.8) is 0 Å². The fourth-order valence-electron chi connectivity index (χ4n) is 2.94. The van der Waals surface area contributed by atoms with Crippen LogP contribution in [-0.4, -0.2) is 15.0 Å². The molecule has 0 saturated carbocycles. The number of nitrogens with zero attached hydrogens (tertiary/aromatic N) is 2. The fourth-order valence-corrected chi connectivity index (χ4v) is 3.26. The first-order valence-electron chi connectivity index (χ1n) is 8.20. The lowest BCUT2D eigenvalue weighted by molar-refractivity contribution is 0.680. The van der Waals surface area contributed by atoms with Gasteiger partial charge in [-0.05, 0) is 59.5 Å². The minimum Gasteiger partial charge on any atom is -0.341 e. The molecule has 0 saturated heterocycles. The van der Waals surface area contributed by atoms with E-state index in [4.69, 9.17) is 28.9 Å². The zero-order valence-electron chi connectivity index (χ0n) is 13.8. The molecule has 0 fully saturated rings. The van der Waals surface area contributed by atoms with Crippen molar-refractivity contribution in [2.24, 2.45) is 5.73 Å². The van der Waals surface area contributed by atoms with Crippen molar-refractivity contribution in [2.75, 3.05) is 0 Å². The molecule has 1 atom stereocenters. The third-order valence-electron chi connectivity index (χ3n) is 4.31. The van der Waals surface area contributed by atoms with Gasteiger partial charge in [-0.3, -0.25) is 4.98 Å². The van der Waals surface area contributed by atoms with Gasteiger partial charge in [-0.1, -0.05) is 35.3 Å². The number of benzene rings is 2. The summed E-state index contributed by atoms with van der Waals surface area (Å²) in [4.78, 5) is 12.0. The van der Waals surface area contributed by atoms with E-state index in [1.54, 1.807) is 18.5 Å². The van der Waals surface area contributed by atoms with E-state index in [1.807, 2.05) is 30.3 Å². The van der Waals surface area contributed by atoms with Crippen molar-refractivity contribution < 1.29 is 0 Å². The van der Waals surface area contributed by atoms with Gasteiger partial charge < -0.3 is 10.7 Å². The number of fused-ring (bicyclic) bond motifs is 1. The Morgan fingerprint density at radius 2 is 1.73 bits per heavy atom. The lowest BCUT2D eigenvalue weighted by atomic mass is 10.1. The van der Waals surface area contributed by atoms with Crippen LogP contribution in [0.2, 0.25) is 10.0 Å². The second kappa shape index (κ2) is 7.08. The summed E-state index contributed by atoms with van der Waals surface area (Å²) in [5, 5.41) is 1.07. The van der Waals surface area contributed by atoms with Crippen LogP contribution in [0.4, 0.5) is 0 Å². The first kappa shape index (κ1) is 17.0. The van der Waals surface area contributed by atoms with Gasteiger partial charge in [0.15, 0.2) is 0 Å². The Morgan fingerprint density at radius 3 is 2.50 bits per heavy atom. The lowest BCUT2D eigenvalue weighted by Gasteiger charge is -2.09. The molecule has 4 nitrogen and oxygen atoms in total. The number of aromatic nitrogens is 3. The van der Waals surface area contributed by atoms with Crippen LogP contribution in [0.25, 0.3) is 22.2 Å². The highest BCUT2D eigenvalue weighted by Crippen LogP contribution is 2.26. The van der Waals surface area contributed by atoms with E-state index in [1.165, 1.54) is 0 Å². The van der Waals surface area contributed by atoms with Crippen LogP contribution in [0.5, 0.6) is 0 Å². The molecule has 2 aromatic carbocycles. The molecular weight excluding hydrogens is 367 g/mol. The lowest BCUT2D eigenvalue weighted by Crippen LogP contribution is -2.15. The molecule has 2 heterocycles. The van der Waals surface area contributed by atoms with Gasteiger partial charge in [-0.15, -0.1) is 0 Å². The normalized spacial score (nSPS) is 12.4. The van der Waals surface area contributed by atoms with Gasteiger partial charge in [0.25, 0.3) is 0 Å². The molecule has 0 aliphatic rings. The van der Waals surface area contributed by atoms with Gasteiger partial charge in [0.05, 0.1) is 27.1 Å². The van der Waals surface area contributed by atoms with E-state index in [0.29, 0.717) is 16.5 Å². The number of nitrogens with two attached hydrogens (primary N) is 1. The molecule has 0 aliphatic heterocycles. The molecule has 2 aromatic heterocycles. The van der Waals surface area contributed by atoms with Gasteiger partial charge in [0.2, 0.25) is 0 Å². The molecular formula is C20H16Cl2N4. The number of H-pyrrole nitrogens is 1. The number of pyridine rings is 1. The third-order valence-corrected chi connectivity index (χ3v) is 5.04. The van der Waals surface area contributed by atoms with Gasteiger partial charge in [-0.2, -0.15) is 0 Å². The summed E-state index contributed by atoms with van der Waals surface area (Å²) >= 11 is 12.0. The summed E-state index contributed by atoms with van der Waals surface area (Å²) in [7, 11) is 0. The number of aromatic amines is 1. The van der Waals surface area contributed by atoms with Crippen LogP contribution in [0, 0.1) is 0 Å². The van der Waals surface area contributed by atoms with E-state index >= 15 is 0 Å². The Labute approximate surface area is 161 Å². The third kappa shape index (κ3) is 3.44. The topological polar surface area (TPSA) is 67.6 Å². The molecule has 6 heteroatoms. The smallest absolute Gasteiger partial charge is 0.124 e. The van der Waals surface area contributed by atoms with Crippen molar-refractivity contribution >= 4 is 34.2 Å². The first-order valence-corrected chi connectivity index (χ1v) is 8.95. The van der Waals surface area contributed by atoms with Gasteiger partial charge >= 0.3 is 0 Å². The van der Waals surface area contributed by atoms with Crippen molar-refractivity contribution in [1.29, 1.82) is 0 Å². The number of rotatable bonds is 4. The Balaban J connectivity index is 1.61. The minimum atomic E-state index is -0.260. The predicted octanol–water partition coefficient (Wildman–Crippen LogP) is 5.17. The van der Waals surface area contributed by atoms with E-state index in [2.05, 4.69) is 27.1 Å². The molecule has 0 unspecified atom stereocenters. The second-order valence-corrected chi connectivity index (χ2v) is 6.96. The van der Waals surface area contributed by atoms with Crippen LogP contribution in [0.15, 0.2) is 60.9 Å². The summed E-state index contributed by atoms with van der Waals surface area (Å²) in [6.45, 7) is 0. The molecule has 0 radical (unpaired) electrons. The molecule has 4 rings (SSSR count). The molecule has 3 N–H and O–H groups in total. The molecule has 0 amide bonds. The largest absolute Gasteiger partial charge is 0.341 e. The van der Waals surface area contributed by atoms with Crippen LogP contribution in [-0.2, 0) is 6.42 Å². The maximum atomic E-state index is 6.35. The summed E-state index contributed by atoms with van der Waals surface area (Å²) in [5.41, 5.74) is 11.4. The number of hydrogen-bond donors (Lipinski definition) is 2. The Hall–Kier alpha value is -2.40. The molecule has 0 bridgehead atoms. The summed E-state index contributed by atoms with van der Waals surface area (Å²) in [5.74, 6) is 0.748. The van der Waals surface area contributed by atoms with Crippen molar-refractivity contribution in [3.05, 3.63) is 82.4 Å². The molecule has 26 heavy (non-hydrogen) atoms. The van der Waals surface area contributed by atoms with Crippen LogP contribution in [0.1, 0.15) is 17.4 Å². The summed E-state index contributed by atoms with van der Waals surface area (Å²) < 4.78 is 0. The van der Waals surface area contributed by atoms with Crippen molar-refractivity contribution in [3.8, 4) is 11.1 Å². The highest BCUT2D eigenvalue weighted by atomic mass is 35.5. The highest BCUT2D eigenvalue weighted by Gasteiger charge is 2.13. The van der Waals surface area contributed by atoms with Crippen LogP contribution < -0.4 is 5.73 Å². The average Bonchev–Trinajstić information content (AvgIpc) is 3.09. The number of halogens is 2. The number of imidazole rings is 1. The first-order chi connectivity index (χ1) is 12.6. The predicted molar refractivity (Wildman–Crippen MR) is 106 cm³/mol. The van der Waals surface area contributed by atoms with Gasteiger partial charge in [-0.25, -0.2) is 4.98 Å². The maximum absolute atomic E-state index is 6.35. The summed E-state index contributed by atoms with van der Waals surface area (Å²) in [6, 6.07) is 15.4. The quantitative estimate of drug-likeness (QED) is 0.511. The van der Waals surface area contributed by atoms with Crippen molar-refractivity contribution in [1.82, 2.24) is 15.0 Å². The second-order valence-electron chi connectivity index (χ2n) is 6.15. The van der Waals surface area contributed by atoms with E-state index in [9.17, 15) is 0 Å². The Morgan fingerprint density at radius 1 is 0.923 bits per heavy atom. The van der Waals surface area contributed by atoms with E-state index < -0.39 is 0 Å². The van der Waals surface area contributed by atoms with E-state index in [0.717, 1.165) is 33.5 Å². The monoisotopic (exact) mass is 382 g/mol. The minimum absolute atomic E-state index is 0.260. The number of hydrogen-bond acceptors (Lipinski definition) is 3. The summed E-state index contributed by atoms with van der Waals surface area (Å²) in [6.07, 6.45) is 4.18. The van der Waals surface area contributed by atoms with Gasteiger partial charge in [0, 0.05) is 12.4 Å². The van der Waals surface area contributed by atoms with Gasteiger partial charge in [0.1, 0.15) is 5.82 Å².